The summed E-state index contributed by atoms with van der Waals surface area (Å²) < 4.78 is 5.13. The fourth-order valence-corrected chi connectivity index (χ4v) is 2.32. The Morgan fingerprint density at radius 1 is 1.36 bits per heavy atom. The highest BCUT2D eigenvalue weighted by Crippen LogP contribution is 2.23. The minimum Gasteiger partial charge on any atom is -0.384 e. The molecule has 1 saturated carbocycles. The number of hydrogen-bond donors (Lipinski definition) is 1. The summed E-state index contributed by atoms with van der Waals surface area (Å²) in [6.07, 6.45) is 5.59. The maximum absolute atomic E-state index is 5.13. The molecule has 0 bridgehead atoms. The molecule has 1 aliphatic carbocycles. The molecule has 84 valence electrons. The van der Waals surface area contributed by atoms with Gasteiger partial charge < -0.3 is 10.1 Å². The highest BCUT2D eigenvalue weighted by Gasteiger charge is 2.20. The minimum atomic E-state index is 0.633. The van der Waals surface area contributed by atoms with Crippen molar-refractivity contribution in [2.24, 2.45) is 11.8 Å². The molecule has 14 heavy (non-hydrogen) atoms. The van der Waals surface area contributed by atoms with Crippen LogP contribution in [-0.2, 0) is 4.74 Å². The quantitative estimate of drug-likeness (QED) is 0.734. The second-order valence-corrected chi connectivity index (χ2v) is 4.84. The third-order valence-electron chi connectivity index (χ3n) is 3.29. The van der Waals surface area contributed by atoms with Crippen LogP contribution >= 0.6 is 0 Å². The van der Waals surface area contributed by atoms with Gasteiger partial charge in [0.15, 0.2) is 0 Å². The molecule has 1 aliphatic rings. The Morgan fingerprint density at radius 3 is 2.71 bits per heavy atom. The molecule has 0 saturated heterocycles. The second kappa shape index (κ2) is 6.41. The van der Waals surface area contributed by atoms with Gasteiger partial charge in [-0.05, 0) is 24.7 Å². The van der Waals surface area contributed by atoms with E-state index >= 15 is 0 Å². The molecule has 3 unspecified atom stereocenters. The SMILES string of the molecule is COCC(C)CNC1CCCCC1C. The van der Waals surface area contributed by atoms with E-state index in [4.69, 9.17) is 4.74 Å². The number of nitrogens with one attached hydrogen (secondary N) is 1. The Balaban J connectivity index is 2.15. The van der Waals surface area contributed by atoms with E-state index in [0.29, 0.717) is 5.92 Å². The van der Waals surface area contributed by atoms with Crippen LogP contribution in [0.4, 0.5) is 0 Å². The van der Waals surface area contributed by atoms with E-state index in [0.717, 1.165) is 25.1 Å². The Hall–Kier alpha value is -0.0800. The zero-order valence-electron chi connectivity index (χ0n) is 9.88. The van der Waals surface area contributed by atoms with Gasteiger partial charge in [0, 0.05) is 26.3 Å². The maximum atomic E-state index is 5.13. The van der Waals surface area contributed by atoms with Gasteiger partial charge in [-0.3, -0.25) is 0 Å². The van der Waals surface area contributed by atoms with E-state index in [2.05, 4.69) is 19.2 Å². The molecule has 2 heteroatoms. The topological polar surface area (TPSA) is 21.3 Å². The number of ether oxygens (including phenoxy) is 1. The van der Waals surface area contributed by atoms with Crippen LogP contribution in [-0.4, -0.2) is 26.3 Å². The first kappa shape index (κ1) is 12.0. The monoisotopic (exact) mass is 199 g/mol. The van der Waals surface area contributed by atoms with Gasteiger partial charge in [-0.15, -0.1) is 0 Å². The molecule has 0 amide bonds. The van der Waals surface area contributed by atoms with Crippen LogP contribution in [0.1, 0.15) is 39.5 Å². The molecule has 2 nitrogen and oxygen atoms in total. The maximum Gasteiger partial charge on any atom is 0.0499 e. The predicted octanol–water partition coefficient (Wildman–Crippen LogP) is 2.44. The van der Waals surface area contributed by atoms with E-state index in [1.807, 2.05) is 0 Å². The van der Waals surface area contributed by atoms with Crippen LogP contribution in [0.2, 0.25) is 0 Å². The molecule has 1 fully saturated rings. The van der Waals surface area contributed by atoms with Gasteiger partial charge >= 0.3 is 0 Å². The first-order valence-electron chi connectivity index (χ1n) is 5.96. The fourth-order valence-electron chi connectivity index (χ4n) is 2.32. The molecule has 1 rings (SSSR count). The van der Waals surface area contributed by atoms with Crippen molar-refractivity contribution in [2.75, 3.05) is 20.3 Å². The molecular formula is C12H25NO. The van der Waals surface area contributed by atoms with E-state index in [1.165, 1.54) is 25.7 Å². The summed E-state index contributed by atoms with van der Waals surface area (Å²) in [5, 5.41) is 3.68. The Labute approximate surface area is 88.4 Å². The van der Waals surface area contributed by atoms with Crippen LogP contribution in [0.3, 0.4) is 0 Å². The van der Waals surface area contributed by atoms with E-state index in [9.17, 15) is 0 Å². The van der Waals surface area contributed by atoms with Crippen molar-refractivity contribution >= 4 is 0 Å². The average Bonchev–Trinajstić information content (AvgIpc) is 2.17. The normalized spacial score (nSPS) is 30.2. The highest BCUT2D eigenvalue weighted by molar-refractivity contribution is 4.78. The lowest BCUT2D eigenvalue weighted by atomic mass is 9.86. The average molecular weight is 199 g/mol. The molecular weight excluding hydrogens is 174 g/mol. The van der Waals surface area contributed by atoms with Gasteiger partial charge in [-0.25, -0.2) is 0 Å². The van der Waals surface area contributed by atoms with Crippen molar-refractivity contribution in [3.8, 4) is 0 Å². The first-order valence-corrected chi connectivity index (χ1v) is 5.96. The van der Waals surface area contributed by atoms with Gasteiger partial charge in [0.1, 0.15) is 0 Å². The Kier molecular flexibility index (Phi) is 5.49. The summed E-state index contributed by atoms with van der Waals surface area (Å²) in [5.74, 6) is 1.49. The third kappa shape index (κ3) is 3.97. The lowest BCUT2D eigenvalue weighted by Crippen LogP contribution is -2.40. The first-order chi connectivity index (χ1) is 6.74. The molecule has 1 N–H and O–H groups in total. The van der Waals surface area contributed by atoms with Crippen molar-refractivity contribution in [1.82, 2.24) is 5.32 Å². The van der Waals surface area contributed by atoms with Gasteiger partial charge in [0.2, 0.25) is 0 Å². The second-order valence-electron chi connectivity index (χ2n) is 4.84. The molecule has 0 spiro atoms. The molecule has 0 heterocycles. The van der Waals surface area contributed by atoms with Crippen molar-refractivity contribution in [3.63, 3.8) is 0 Å². The smallest absolute Gasteiger partial charge is 0.0499 e. The van der Waals surface area contributed by atoms with Gasteiger partial charge in [-0.2, -0.15) is 0 Å². The molecule has 0 aliphatic heterocycles. The lowest BCUT2D eigenvalue weighted by Gasteiger charge is -2.30. The van der Waals surface area contributed by atoms with Crippen LogP contribution in [0.25, 0.3) is 0 Å². The third-order valence-corrected chi connectivity index (χ3v) is 3.29. The summed E-state index contributed by atoms with van der Waals surface area (Å²) in [4.78, 5) is 0. The fraction of sp³-hybridized carbons (Fsp3) is 1.00. The standard InChI is InChI=1S/C12H25NO/c1-10(9-14-3)8-13-12-7-5-4-6-11(12)2/h10-13H,4-9H2,1-3H3. The van der Waals surface area contributed by atoms with Crippen LogP contribution in [0, 0.1) is 11.8 Å². The summed E-state index contributed by atoms with van der Waals surface area (Å²) in [5.41, 5.74) is 0. The van der Waals surface area contributed by atoms with Crippen LogP contribution < -0.4 is 5.32 Å². The van der Waals surface area contributed by atoms with E-state index in [1.54, 1.807) is 7.11 Å². The van der Waals surface area contributed by atoms with E-state index in [-0.39, 0.29) is 0 Å². The summed E-state index contributed by atoms with van der Waals surface area (Å²) in [7, 11) is 1.78. The molecule has 0 radical (unpaired) electrons. The van der Waals surface area contributed by atoms with Crippen LogP contribution in [0.5, 0.6) is 0 Å². The molecule has 3 atom stereocenters. The Bertz CT molecular complexity index is 149. The van der Waals surface area contributed by atoms with Crippen molar-refractivity contribution < 1.29 is 4.74 Å². The van der Waals surface area contributed by atoms with E-state index < -0.39 is 0 Å². The van der Waals surface area contributed by atoms with Crippen molar-refractivity contribution in [1.29, 1.82) is 0 Å². The zero-order valence-corrected chi connectivity index (χ0v) is 9.88. The largest absolute Gasteiger partial charge is 0.384 e. The zero-order chi connectivity index (χ0) is 10.4. The summed E-state index contributed by atoms with van der Waals surface area (Å²) >= 11 is 0. The minimum absolute atomic E-state index is 0.633. The predicted molar refractivity (Wildman–Crippen MR) is 60.5 cm³/mol. The Morgan fingerprint density at radius 2 is 2.07 bits per heavy atom. The van der Waals surface area contributed by atoms with Crippen molar-refractivity contribution in [3.05, 3.63) is 0 Å². The number of rotatable bonds is 5. The summed E-state index contributed by atoms with van der Waals surface area (Å²) in [6, 6.07) is 0.753. The lowest BCUT2D eigenvalue weighted by molar-refractivity contribution is 0.152. The number of methoxy groups -OCH3 is 1. The van der Waals surface area contributed by atoms with Gasteiger partial charge in [-0.1, -0.05) is 26.7 Å². The van der Waals surface area contributed by atoms with Gasteiger partial charge in [0.05, 0.1) is 0 Å². The molecule has 0 aromatic heterocycles. The highest BCUT2D eigenvalue weighted by atomic mass is 16.5. The summed E-state index contributed by atoms with van der Waals surface area (Å²) in [6.45, 7) is 6.58. The molecule has 0 aromatic carbocycles. The van der Waals surface area contributed by atoms with Crippen LogP contribution in [0.15, 0.2) is 0 Å². The van der Waals surface area contributed by atoms with Gasteiger partial charge in [0.25, 0.3) is 0 Å². The molecule has 0 aromatic rings. The number of hydrogen-bond acceptors (Lipinski definition) is 2. The van der Waals surface area contributed by atoms with Crippen molar-refractivity contribution in [2.45, 2.75) is 45.6 Å².